The second kappa shape index (κ2) is 6.05. The van der Waals surface area contributed by atoms with Gasteiger partial charge in [0.2, 0.25) is 0 Å². The number of likely N-dealkylation sites (N-methyl/N-ethyl adjacent to an activating group) is 2. The van der Waals surface area contributed by atoms with Crippen LogP contribution in [-0.4, -0.2) is 55.2 Å². The number of aromatic nitrogens is 1. The third-order valence-corrected chi connectivity index (χ3v) is 2.41. The lowest BCUT2D eigenvalue weighted by Crippen LogP contribution is -2.31. The predicted octanol–water partition coefficient (Wildman–Crippen LogP) is 0.174. The summed E-state index contributed by atoms with van der Waals surface area (Å²) in [6, 6.07) is 3.54. The predicted molar refractivity (Wildman–Crippen MR) is 68.6 cm³/mol. The lowest BCUT2D eigenvalue weighted by molar-refractivity contribution is 0.318. The van der Waals surface area contributed by atoms with Crippen molar-refractivity contribution in [3.8, 4) is 0 Å². The van der Waals surface area contributed by atoms with E-state index in [0.29, 0.717) is 11.4 Å². The SMILES string of the molecule is CN(C)CCN(C)c1ncccc1C(N)=NO. The van der Waals surface area contributed by atoms with E-state index in [1.807, 2.05) is 26.0 Å². The molecule has 0 spiro atoms. The van der Waals surface area contributed by atoms with Crippen molar-refractivity contribution in [3.05, 3.63) is 23.9 Å². The summed E-state index contributed by atoms with van der Waals surface area (Å²) in [5.74, 6) is 0.787. The molecule has 0 atom stereocenters. The average Bonchev–Trinajstić information content (AvgIpc) is 2.34. The highest BCUT2D eigenvalue weighted by Crippen LogP contribution is 2.14. The topological polar surface area (TPSA) is 78.0 Å². The van der Waals surface area contributed by atoms with Crippen molar-refractivity contribution < 1.29 is 5.21 Å². The summed E-state index contributed by atoms with van der Waals surface area (Å²) in [5, 5.41) is 11.7. The first-order chi connectivity index (χ1) is 8.06. The van der Waals surface area contributed by atoms with Crippen molar-refractivity contribution in [2.75, 3.05) is 39.1 Å². The molecule has 6 nitrogen and oxygen atoms in total. The zero-order valence-electron chi connectivity index (χ0n) is 10.5. The quantitative estimate of drug-likeness (QED) is 0.330. The van der Waals surface area contributed by atoms with E-state index >= 15 is 0 Å². The van der Waals surface area contributed by atoms with Gasteiger partial charge in [0.1, 0.15) is 5.82 Å². The first-order valence-electron chi connectivity index (χ1n) is 5.35. The maximum absolute atomic E-state index is 8.72. The lowest BCUT2D eigenvalue weighted by atomic mass is 10.2. The highest BCUT2D eigenvalue weighted by atomic mass is 16.4. The molecule has 0 aromatic carbocycles. The molecule has 0 fully saturated rings. The van der Waals surface area contributed by atoms with Crippen LogP contribution in [0.15, 0.2) is 23.5 Å². The molecule has 0 unspecified atom stereocenters. The summed E-state index contributed by atoms with van der Waals surface area (Å²) in [7, 11) is 5.95. The molecule has 1 rings (SSSR count). The molecule has 0 aliphatic carbocycles. The number of nitrogens with zero attached hydrogens (tertiary/aromatic N) is 4. The van der Waals surface area contributed by atoms with Crippen molar-refractivity contribution in [3.63, 3.8) is 0 Å². The van der Waals surface area contributed by atoms with E-state index in [0.717, 1.165) is 13.1 Å². The number of amidine groups is 1. The zero-order valence-corrected chi connectivity index (χ0v) is 10.5. The summed E-state index contributed by atoms with van der Waals surface area (Å²) >= 11 is 0. The van der Waals surface area contributed by atoms with Crippen LogP contribution in [0.25, 0.3) is 0 Å². The van der Waals surface area contributed by atoms with Crippen LogP contribution in [0.2, 0.25) is 0 Å². The molecule has 17 heavy (non-hydrogen) atoms. The van der Waals surface area contributed by atoms with Gasteiger partial charge in [0, 0.05) is 26.3 Å². The minimum absolute atomic E-state index is 0.0739. The van der Waals surface area contributed by atoms with Gasteiger partial charge in [-0.1, -0.05) is 5.16 Å². The Hall–Kier alpha value is -1.82. The van der Waals surface area contributed by atoms with Gasteiger partial charge in [-0.2, -0.15) is 0 Å². The third-order valence-electron chi connectivity index (χ3n) is 2.41. The number of oxime groups is 1. The normalized spacial score (nSPS) is 11.9. The van der Waals surface area contributed by atoms with Crippen LogP contribution in [0.4, 0.5) is 5.82 Å². The van der Waals surface area contributed by atoms with Gasteiger partial charge in [-0.25, -0.2) is 4.98 Å². The number of pyridine rings is 1. The molecule has 0 bridgehead atoms. The molecule has 0 aliphatic heterocycles. The van der Waals surface area contributed by atoms with Crippen molar-refractivity contribution in [2.45, 2.75) is 0 Å². The van der Waals surface area contributed by atoms with E-state index in [4.69, 9.17) is 10.9 Å². The minimum Gasteiger partial charge on any atom is -0.409 e. The summed E-state index contributed by atoms with van der Waals surface area (Å²) < 4.78 is 0. The van der Waals surface area contributed by atoms with Gasteiger partial charge in [-0.15, -0.1) is 0 Å². The van der Waals surface area contributed by atoms with Crippen LogP contribution in [0, 0.1) is 0 Å². The van der Waals surface area contributed by atoms with E-state index in [1.54, 1.807) is 18.3 Å². The van der Waals surface area contributed by atoms with E-state index in [9.17, 15) is 0 Å². The van der Waals surface area contributed by atoms with Gasteiger partial charge in [0.05, 0.1) is 5.56 Å². The molecular formula is C11H19N5O. The number of hydrogen-bond donors (Lipinski definition) is 2. The van der Waals surface area contributed by atoms with Crippen LogP contribution in [-0.2, 0) is 0 Å². The Balaban J connectivity index is 2.89. The Morgan fingerprint density at radius 2 is 2.12 bits per heavy atom. The smallest absolute Gasteiger partial charge is 0.173 e. The standard InChI is InChI=1S/C11H19N5O/c1-15(2)7-8-16(3)11-9(10(12)14-17)5-4-6-13-11/h4-6,17H,7-8H2,1-3H3,(H2,12,14). The highest BCUT2D eigenvalue weighted by Gasteiger charge is 2.11. The molecule has 0 saturated heterocycles. The Labute approximate surface area is 101 Å². The van der Waals surface area contributed by atoms with Crippen LogP contribution >= 0.6 is 0 Å². The van der Waals surface area contributed by atoms with Crippen molar-refractivity contribution in [2.24, 2.45) is 10.9 Å². The third kappa shape index (κ3) is 3.60. The number of nitrogens with two attached hydrogens (primary N) is 1. The fourth-order valence-corrected chi connectivity index (χ4v) is 1.41. The monoisotopic (exact) mass is 237 g/mol. The molecule has 3 N–H and O–H groups in total. The summed E-state index contributed by atoms with van der Waals surface area (Å²) in [5.41, 5.74) is 6.25. The van der Waals surface area contributed by atoms with E-state index in [2.05, 4.69) is 15.0 Å². The van der Waals surface area contributed by atoms with E-state index in [1.165, 1.54) is 0 Å². The molecule has 94 valence electrons. The van der Waals surface area contributed by atoms with Crippen molar-refractivity contribution in [1.82, 2.24) is 9.88 Å². The van der Waals surface area contributed by atoms with Crippen LogP contribution in [0.3, 0.4) is 0 Å². The molecular weight excluding hydrogens is 218 g/mol. The molecule has 1 heterocycles. The van der Waals surface area contributed by atoms with Gasteiger partial charge in [0.15, 0.2) is 5.84 Å². The maximum atomic E-state index is 8.72. The summed E-state index contributed by atoms with van der Waals surface area (Å²) in [4.78, 5) is 8.33. The van der Waals surface area contributed by atoms with Crippen LogP contribution in [0.1, 0.15) is 5.56 Å². The van der Waals surface area contributed by atoms with Gasteiger partial charge in [-0.05, 0) is 26.2 Å². The Kier molecular flexibility index (Phi) is 4.71. The molecule has 0 radical (unpaired) electrons. The van der Waals surface area contributed by atoms with Crippen LogP contribution < -0.4 is 10.6 Å². The largest absolute Gasteiger partial charge is 0.409 e. The fourth-order valence-electron chi connectivity index (χ4n) is 1.41. The minimum atomic E-state index is 0.0739. The molecule has 6 heteroatoms. The first-order valence-corrected chi connectivity index (χ1v) is 5.35. The molecule has 0 saturated carbocycles. The van der Waals surface area contributed by atoms with Crippen LogP contribution in [0.5, 0.6) is 0 Å². The average molecular weight is 237 g/mol. The summed E-state index contributed by atoms with van der Waals surface area (Å²) in [6.07, 6.45) is 1.69. The van der Waals surface area contributed by atoms with Gasteiger partial charge < -0.3 is 20.7 Å². The zero-order chi connectivity index (χ0) is 12.8. The van der Waals surface area contributed by atoms with Gasteiger partial charge in [0.25, 0.3) is 0 Å². The molecule has 1 aromatic heterocycles. The molecule has 0 aliphatic rings. The Morgan fingerprint density at radius 1 is 1.41 bits per heavy atom. The number of hydrogen-bond acceptors (Lipinski definition) is 5. The fraction of sp³-hybridized carbons (Fsp3) is 0.455. The second-order valence-corrected chi connectivity index (χ2v) is 4.08. The van der Waals surface area contributed by atoms with E-state index < -0.39 is 0 Å². The van der Waals surface area contributed by atoms with E-state index in [-0.39, 0.29) is 5.84 Å². The van der Waals surface area contributed by atoms with Gasteiger partial charge in [-0.3, -0.25) is 0 Å². The molecule has 0 amide bonds. The Bertz CT molecular complexity index is 391. The lowest BCUT2D eigenvalue weighted by Gasteiger charge is -2.22. The number of rotatable bonds is 5. The molecule has 1 aromatic rings. The maximum Gasteiger partial charge on any atom is 0.173 e. The number of anilines is 1. The Morgan fingerprint density at radius 3 is 2.71 bits per heavy atom. The van der Waals surface area contributed by atoms with Crippen molar-refractivity contribution in [1.29, 1.82) is 0 Å². The highest BCUT2D eigenvalue weighted by molar-refractivity contribution is 6.01. The summed E-state index contributed by atoms with van der Waals surface area (Å²) in [6.45, 7) is 1.72. The van der Waals surface area contributed by atoms with Crippen molar-refractivity contribution >= 4 is 11.7 Å². The second-order valence-electron chi connectivity index (χ2n) is 4.08. The van der Waals surface area contributed by atoms with Gasteiger partial charge >= 0.3 is 0 Å². The first kappa shape index (κ1) is 13.2.